The SMILES string of the molecule is CC(C)(CC(=O)O)NC(=O)[C@H]1CCCCC[C@H]1NC(=O)OCC1c2ccccc2-c2ccccc21. The molecule has 2 aromatic rings. The van der Waals surface area contributed by atoms with Crippen molar-refractivity contribution in [2.75, 3.05) is 6.61 Å². The van der Waals surface area contributed by atoms with Gasteiger partial charge in [0, 0.05) is 17.5 Å². The van der Waals surface area contributed by atoms with Gasteiger partial charge in [-0.25, -0.2) is 4.79 Å². The number of carboxylic acid groups (broad SMARTS) is 1. The molecule has 0 aromatic heterocycles. The van der Waals surface area contributed by atoms with Gasteiger partial charge in [0.1, 0.15) is 6.61 Å². The third-order valence-corrected chi connectivity index (χ3v) is 7.05. The van der Waals surface area contributed by atoms with Gasteiger partial charge in [0.05, 0.1) is 12.3 Å². The predicted molar refractivity (Wildman–Crippen MR) is 133 cm³/mol. The van der Waals surface area contributed by atoms with Crippen LogP contribution in [0.4, 0.5) is 4.79 Å². The fourth-order valence-corrected chi connectivity index (χ4v) is 5.43. The lowest BCUT2D eigenvalue weighted by Crippen LogP contribution is -2.52. The molecule has 0 aliphatic heterocycles. The van der Waals surface area contributed by atoms with Gasteiger partial charge in [0.2, 0.25) is 5.91 Å². The van der Waals surface area contributed by atoms with Crippen molar-refractivity contribution in [2.24, 2.45) is 5.92 Å². The first kappa shape index (κ1) is 24.8. The molecule has 186 valence electrons. The highest BCUT2D eigenvalue weighted by molar-refractivity contribution is 5.82. The summed E-state index contributed by atoms with van der Waals surface area (Å²) in [5, 5.41) is 15.0. The summed E-state index contributed by atoms with van der Waals surface area (Å²) in [6, 6.07) is 16.0. The molecule has 7 heteroatoms. The van der Waals surface area contributed by atoms with E-state index < -0.39 is 23.5 Å². The first-order chi connectivity index (χ1) is 16.7. The van der Waals surface area contributed by atoms with E-state index in [2.05, 4.69) is 34.9 Å². The van der Waals surface area contributed by atoms with E-state index in [-0.39, 0.29) is 30.9 Å². The average molecular weight is 479 g/mol. The lowest BCUT2D eigenvalue weighted by atomic mass is 9.91. The number of ether oxygens (including phenoxy) is 1. The molecule has 4 rings (SSSR count). The number of benzene rings is 2. The van der Waals surface area contributed by atoms with Crippen LogP contribution in [0.15, 0.2) is 48.5 Å². The summed E-state index contributed by atoms with van der Waals surface area (Å²) in [4.78, 5) is 37.1. The smallest absolute Gasteiger partial charge is 0.407 e. The standard InChI is InChI=1S/C28H34N2O5/c1-28(2,16-25(31)32)30-26(33)22-14-4-3-5-15-24(22)29-27(34)35-17-23-20-12-8-6-10-18(20)19-11-7-9-13-21(19)23/h6-13,22-24H,3-5,14-17H2,1-2H3,(H,29,34)(H,30,33)(H,31,32)/t22-,24+/m0/s1. The molecule has 2 amide bonds. The topological polar surface area (TPSA) is 105 Å². The van der Waals surface area contributed by atoms with Gasteiger partial charge < -0.3 is 20.5 Å². The normalized spacial score (nSPS) is 19.7. The monoisotopic (exact) mass is 478 g/mol. The molecule has 7 nitrogen and oxygen atoms in total. The van der Waals surface area contributed by atoms with Crippen LogP contribution in [0.1, 0.15) is 69.4 Å². The average Bonchev–Trinajstić information content (AvgIpc) is 2.93. The number of nitrogens with one attached hydrogen (secondary N) is 2. The van der Waals surface area contributed by atoms with Gasteiger partial charge in [0.15, 0.2) is 0 Å². The van der Waals surface area contributed by atoms with Crippen LogP contribution in [-0.2, 0) is 14.3 Å². The molecule has 2 aliphatic carbocycles. The van der Waals surface area contributed by atoms with Crippen LogP contribution < -0.4 is 10.6 Å². The maximum absolute atomic E-state index is 13.1. The van der Waals surface area contributed by atoms with E-state index >= 15 is 0 Å². The van der Waals surface area contributed by atoms with Gasteiger partial charge in [-0.1, -0.05) is 67.8 Å². The van der Waals surface area contributed by atoms with Crippen molar-refractivity contribution >= 4 is 18.0 Å². The number of hydrogen-bond acceptors (Lipinski definition) is 4. The maximum atomic E-state index is 13.1. The van der Waals surface area contributed by atoms with E-state index in [1.54, 1.807) is 13.8 Å². The van der Waals surface area contributed by atoms with Crippen LogP contribution in [0.25, 0.3) is 11.1 Å². The van der Waals surface area contributed by atoms with Gasteiger partial charge in [0.25, 0.3) is 0 Å². The lowest BCUT2D eigenvalue weighted by Gasteiger charge is -2.30. The molecule has 0 bridgehead atoms. The van der Waals surface area contributed by atoms with Gasteiger partial charge in [-0.2, -0.15) is 0 Å². The van der Waals surface area contributed by atoms with Crippen LogP contribution in [-0.4, -0.2) is 41.3 Å². The number of aliphatic carboxylic acids is 1. The first-order valence-electron chi connectivity index (χ1n) is 12.4. The van der Waals surface area contributed by atoms with E-state index in [0.29, 0.717) is 12.8 Å². The fourth-order valence-electron chi connectivity index (χ4n) is 5.43. The Balaban J connectivity index is 1.41. The molecule has 1 saturated carbocycles. The summed E-state index contributed by atoms with van der Waals surface area (Å²) in [7, 11) is 0. The highest BCUT2D eigenvalue weighted by Gasteiger charge is 2.35. The van der Waals surface area contributed by atoms with E-state index in [1.807, 2.05) is 24.3 Å². The molecule has 0 unspecified atom stereocenters. The molecule has 2 aliphatic rings. The Labute approximate surface area is 206 Å². The Bertz CT molecular complexity index is 1050. The Kier molecular flexibility index (Phi) is 7.43. The minimum Gasteiger partial charge on any atom is -0.481 e. The van der Waals surface area contributed by atoms with Crippen molar-refractivity contribution in [3.05, 3.63) is 59.7 Å². The highest BCUT2D eigenvalue weighted by Crippen LogP contribution is 2.44. The van der Waals surface area contributed by atoms with Crippen molar-refractivity contribution in [2.45, 2.75) is 69.9 Å². The molecular formula is C28H34N2O5. The molecular weight excluding hydrogens is 444 g/mol. The number of fused-ring (bicyclic) bond motifs is 3. The third-order valence-electron chi connectivity index (χ3n) is 7.05. The Hall–Kier alpha value is -3.35. The summed E-state index contributed by atoms with van der Waals surface area (Å²) in [6.45, 7) is 3.61. The van der Waals surface area contributed by atoms with Crippen LogP contribution in [0.3, 0.4) is 0 Å². The van der Waals surface area contributed by atoms with Gasteiger partial charge in [-0.3, -0.25) is 9.59 Å². The summed E-state index contributed by atoms with van der Waals surface area (Å²) < 4.78 is 5.71. The van der Waals surface area contributed by atoms with Crippen molar-refractivity contribution < 1.29 is 24.2 Å². The highest BCUT2D eigenvalue weighted by atomic mass is 16.5. The Morgan fingerprint density at radius 3 is 2.17 bits per heavy atom. The number of carboxylic acids is 1. The largest absolute Gasteiger partial charge is 0.481 e. The van der Waals surface area contributed by atoms with Crippen molar-refractivity contribution in [3.8, 4) is 11.1 Å². The number of alkyl carbamates (subject to hydrolysis) is 1. The number of rotatable bonds is 7. The van der Waals surface area contributed by atoms with Crippen molar-refractivity contribution in [3.63, 3.8) is 0 Å². The maximum Gasteiger partial charge on any atom is 0.407 e. The fraction of sp³-hybridized carbons (Fsp3) is 0.464. The van der Waals surface area contributed by atoms with Crippen LogP contribution >= 0.6 is 0 Å². The number of hydrogen-bond donors (Lipinski definition) is 3. The van der Waals surface area contributed by atoms with E-state index in [1.165, 1.54) is 11.1 Å². The quantitative estimate of drug-likeness (QED) is 0.494. The molecule has 0 saturated heterocycles. The minimum absolute atomic E-state index is 0.0294. The lowest BCUT2D eigenvalue weighted by molar-refractivity contribution is -0.139. The Morgan fingerprint density at radius 1 is 0.943 bits per heavy atom. The molecule has 0 heterocycles. The Morgan fingerprint density at radius 2 is 1.54 bits per heavy atom. The van der Waals surface area contributed by atoms with Gasteiger partial charge >= 0.3 is 12.1 Å². The zero-order valence-corrected chi connectivity index (χ0v) is 20.4. The van der Waals surface area contributed by atoms with Gasteiger partial charge in [-0.05, 0) is 48.9 Å². The molecule has 0 spiro atoms. The van der Waals surface area contributed by atoms with Crippen LogP contribution in [0, 0.1) is 5.92 Å². The molecule has 1 fully saturated rings. The van der Waals surface area contributed by atoms with E-state index in [4.69, 9.17) is 9.84 Å². The number of carbonyl (C=O) groups excluding carboxylic acids is 2. The van der Waals surface area contributed by atoms with Crippen LogP contribution in [0.5, 0.6) is 0 Å². The zero-order valence-electron chi connectivity index (χ0n) is 20.4. The first-order valence-corrected chi connectivity index (χ1v) is 12.4. The predicted octanol–water partition coefficient (Wildman–Crippen LogP) is 4.84. The van der Waals surface area contributed by atoms with Gasteiger partial charge in [-0.15, -0.1) is 0 Å². The second kappa shape index (κ2) is 10.5. The number of carbonyl (C=O) groups is 3. The molecule has 3 N–H and O–H groups in total. The molecule has 0 radical (unpaired) electrons. The van der Waals surface area contributed by atoms with Crippen LogP contribution in [0.2, 0.25) is 0 Å². The summed E-state index contributed by atoms with van der Waals surface area (Å²) >= 11 is 0. The second-order valence-electron chi connectivity index (χ2n) is 10.3. The molecule has 2 aromatic carbocycles. The van der Waals surface area contributed by atoms with Crippen molar-refractivity contribution in [1.29, 1.82) is 0 Å². The summed E-state index contributed by atoms with van der Waals surface area (Å²) in [6.07, 6.45) is 3.42. The number of amides is 2. The van der Waals surface area contributed by atoms with E-state index in [9.17, 15) is 14.4 Å². The second-order valence-corrected chi connectivity index (χ2v) is 10.3. The molecule has 35 heavy (non-hydrogen) atoms. The summed E-state index contributed by atoms with van der Waals surface area (Å²) in [5.41, 5.74) is 3.76. The zero-order chi connectivity index (χ0) is 25.0. The van der Waals surface area contributed by atoms with Crippen molar-refractivity contribution in [1.82, 2.24) is 10.6 Å². The minimum atomic E-state index is -0.968. The van der Waals surface area contributed by atoms with E-state index in [0.717, 1.165) is 30.4 Å². The molecule has 2 atom stereocenters. The summed E-state index contributed by atoms with van der Waals surface area (Å²) in [5.74, 6) is -1.64. The third kappa shape index (κ3) is 5.84.